The summed E-state index contributed by atoms with van der Waals surface area (Å²) in [5.74, 6) is -1.47. The molecule has 1 rings (SSSR count). The van der Waals surface area contributed by atoms with E-state index in [0.717, 1.165) is 0 Å². The topological polar surface area (TPSA) is 69.2 Å². The van der Waals surface area contributed by atoms with Crippen molar-refractivity contribution in [3.63, 3.8) is 0 Å². The van der Waals surface area contributed by atoms with Crippen LogP contribution in [0, 0.1) is 6.92 Å². The summed E-state index contributed by atoms with van der Waals surface area (Å²) in [6.45, 7) is 1.68. The Balaban J connectivity index is 3.14. The normalized spacial score (nSPS) is 9.57. The van der Waals surface area contributed by atoms with Gasteiger partial charge in [0.1, 0.15) is 0 Å². The first-order valence-electron chi connectivity index (χ1n) is 4.10. The largest absolute Gasteiger partial charge is 0.545 e. The third-order valence-electron chi connectivity index (χ3n) is 1.93. The van der Waals surface area contributed by atoms with Gasteiger partial charge in [-0.05, 0) is 30.2 Å². The van der Waals surface area contributed by atoms with Crippen LogP contribution in [0.4, 0.5) is 0 Å². The average molecular weight is 192 g/mol. The Bertz CT molecular complexity index is 385. The number of hydrogen-bond acceptors (Lipinski definition) is 3. The molecule has 0 aromatic heterocycles. The molecule has 0 saturated heterocycles. The van der Waals surface area contributed by atoms with Gasteiger partial charge in [0, 0.05) is 12.6 Å². The number of rotatable bonds is 2. The van der Waals surface area contributed by atoms with Gasteiger partial charge in [0.15, 0.2) is 0 Å². The molecule has 1 aromatic carbocycles. The van der Waals surface area contributed by atoms with Crippen molar-refractivity contribution in [3.8, 4) is 0 Å². The van der Waals surface area contributed by atoms with Gasteiger partial charge in [-0.15, -0.1) is 0 Å². The molecule has 0 saturated carbocycles. The number of aromatic carboxylic acids is 1. The summed E-state index contributed by atoms with van der Waals surface area (Å²) in [6, 6.07) is 4.24. The first kappa shape index (κ1) is 10.2. The van der Waals surface area contributed by atoms with Gasteiger partial charge in [0.05, 0.1) is 5.97 Å². The molecule has 1 N–H and O–H groups in total. The van der Waals surface area contributed by atoms with Crippen LogP contribution < -0.4 is 10.4 Å². The average Bonchev–Trinajstić information content (AvgIpc) is 2.16. The standard InChI is InChI=1S/C10H11NO3/c1-6-5-7(10(13)14)3-4-8(6)9(12)11-2/h3-5H,1-2H3,(H,11,12)(H,13,14)/p-1. The Kier molecular flexibility index (Phi) is 2.86. The second kappa shape index (κ2) is 3.91. The van der Waals surface area contributed by atoms with Crippen LogP contribution >= 0.6 is 0 Å². The third kappa shape index (κ3) is 1.90. The number of hydrogen-bond donors (Lipinski definition) is 1. The molecule has 0 spiro atoms. The van der Waals surface area contributed by atoms with Crippen LogP contribution in [-0.4, -0.2) is 18.9 Å². The second-order valence-electron chi connectivity index (χ2n) is 2.90. The molecular formula is C10H10NO3-. The first-order chi connectivity index (χ1) is 6.56. The van der Waals surface area contributed by atoms with E-state index < -0.39 is 5.97 Å². The first-order valence-corrected chi connectivity index (χ1v) is 4.10. The molecule has 0 heterocycles. The summed E-state index contributed by atoms with van der Waals surface area (Å²) in [7, 11) is 1.52. The quantitative estimate of drug-likeness (QED) is 0.700. The van der Waals surface area contributed by atoms with Crippen LogP contribution in [0.25, 0.3) is 0 Å². The van der Waals surface area contributed by atoms with E-state index in [2.05, 4.69) is 5.32 Å². The van der Waals surface area contributed by atoms with Crippen molar-refractivity contribution in [2.45, 2.75) is 6.92 Å². The molecule has 0 fully saturated rings. The summed E-state index contributed by atoms with van der Waals surface area (Å²) in [5, 5.41) is 13.0. The minimum absolute atomic E-state index is 0.0788. The number of carbonyl (C=O) groups is 2. The zero-order chi connectivity index (χ0) is 10.7. The van der Waals surface area contributed by atoms with E-state index in [1.54, 1.807) is 6.92 Å². The van der Waals surface area contributed by atoms with E-state index in [0.29, 0.717) is 11.1 Å². The van der Waals surface area contributed by atoms with Gasteiger partial charge in [0.25, 0.3) is 5.91 Å². The Morgan fingerprint density at radius 2 is 2.00 bits per heavy atom. The van der Waals surface area contributed by atoms with Crippen molar-refractivity contribution in [2.24, 2.45) is 0 Å². The number of benzene rings is 1. The summed E-state index contributed by atoms with van der Waals surface area (Å²) in [6.07, 6.45) is 0. The van der Waals surface area contributed by atoms with Crippen LogP contribution in [0.15, 0.2) is 18.2 Å². The fraction of sp³-hybridized carbons (Fsp3) is 0.200. The van der Waals surface area contributed by atoms with Crippen LogP contribution in [0.1, 0.15) is 26.3 Å². The molecule has 1 amide bonds. The number of carboxylic acids is 1. The molecule has 0 aliphatic rings. The van der Waals surface area contributed by atoms with Gasteiger partial charge < -0.3 is 15.2 Å². The van der Waals surface area contributed by atoms with Crippen molar-refractivity contribution in [1.29, 1.82) is 0 Å². The van der Waals surface area contributed by atoms with Crippen LogP contribution in [0.5, 0.6) is 0 Å². The highest BCUT2D eigenvalue weighted by molar-refractivity contribution is 5.96. The lowest BCUT2D eigenvalue weighted by Gasteiger charge is -2.07. The molecule has 4 heteroatoms. The minimum Gasteiger partial charge on any atom is -0.545 e. The molecule has 0 radical (unpaired) electrons. The smallest absolute Gasteiger partial charge is 0.251 e. The highest BCUT2D eigenvalue weighted by atomic mass is 16.4. The highest BCUT2D eigenvalue weighted by Crippen LogP contribution is 2.10. The van der Waals surface area contributed by atoms with Crippen molar-refractivity contribution < 1.29 is 14.7 Å². The summed E-state index contributed by atoms with van der Waals surface area (Å²) in [4.78, 5) is 21.7. The fourth-order valence-corrected chi connectivity index (χ4v) is 1.18. The number of amides is 1. The van der Waals surface area contributed by atoms with E-state index in [-0.39, 0.29) is 11.5 Å². The van der Waals surface area contributed by atoms with Gasteiger partial charge in [-0.1, -0.05) is 6.07 Å². The molecule has 0 bridgehead atoms. The van der Waals surface area contributed by atoms with E-state index in [1.165, 1.54) is 25.2 Å². The van der Waals surface area contributed by atoms with Crippen LogP contribution in [0.2, 0.25) is 0 Å². The monoisotopic (exact) mass is 192 g/mol. The van der Waals surface area contributed by atoms with Gasteiger partial charge >= 0.3 is 0 Å². The Morgan fingerprint density at radius 3 is 2.43 bits per heavy atom. The maximum atomic E-state index is 11.2. The van der Waals surface area contributed by atoms with E-state index in [9.17, 15) is 14.7 Å². The lowest BCUT2D eigenvalue weighted by Crippen LogP contribution is -2.23. The fourth-order valence-electron chi connectivity index (χ4n) is 1.18. The second-order valence-corrected chi connectivity index (χ2v) is 2.90. The molecule has 4 nitrogen and oxygen atoms in total. The summed E-state index contributed by atoms with van der Waals surface area (Å²) < 4.78 is 0. The van der Waals surface area contributed by atoms with Crippen molar-refractivity contribution in [3.05, 3.63) is 34.9 Å². The number of aryl methyl sites for hydroxylation is 1. The van der Waals surface area contributed by atoms with Crippen LogP contribution in [-0.2, 0) is 0 Å². The lowest BCUT2D eigenvalue weighted by molar-refractivity contribution is -0.255. The van der Waals surface area contributed by atoms with Crippen LogP contribution in [0.3, 0.4) is 0 Å². The molecule has 0 unspecified atom stereocenters. The molecule has 1 aromatic rings. The number of nitrogens with one attached hydrogen (secondary N) is 1. The van der Waals surface area contributed by atoms with Crippen molar-refractivity contribution >= 4 is 11.9 Å². The highest BCUT2D eigenvalue weighted by Gasteiger charge is 2.07. The lowest BCUT2D eigenvalue weighted by atomic mass is 10.0. The molecule has 0 aliphatic carbocycles. The van der Waals surface area contributed by atoms with Gasteiger partial charge in [0.2, 0.25) is 0 Å². The molecule has 14 heavy (non-hydrogen) atoms. The van der Waals surface area contributed by atoms with Gasteiger partial charge in [-0.3, -0.25) is 4.79 Å². The SMILES string of the molecule is CNC(=O)c1ccc(C(=O)[O-])cc1C. The minimum atomic E-state index is -1.24. The maximum absolute atomic E-state index is 11.2. The maximum Gasteiger partial charge on any atom is 0.251 e. The predicted octanol–water partition coefficient (Wildman–Crippen LogP) is -0.282. The molecule has 74 valence electrons. The summed E-state index contributed by atoms with van der Waals surface area (Å²) in [5.41, 5.74) is 1.17. The molecule has 0 atom stereocenters. The number of carbonyl (C=O) groups excluding carboxylic acids is 2. The van der Waals surface area contributed by atoms with E-state index >= 15 is 0 Å². The Hall–Kier alpha value is -1.84. The zero-order valence-electron chi connectivity index (χ0n) is 7.96. The van der Waals surface area contributed by atoms with Crippen molar-refractivity contribution in [1.82, 2.24) is 5.32 Å². The Morgan fingerprint density at radius 1 is 1.36 bits per heavy atom. The van der Waals surface area contributed by atoms with E-state index in [4.69, 9.17) is 0 Å². The van der Waals surface area contributed by atoms with Crippen molar-refractivity contribution in [2.75, 3.05) is 7.05 Å². The van der Waals surface area contributed by atoms with Gasteiger partial charge in [-0.2, -0.15) is 0 Å². The molecular weight excluding hydrogens is 182 g/mol. The Labute approximate surface area is 81.6 Å². The van der Waals surface area contributed by atoms with Gasteiger partial charge in [-0.25, -0.2) is 0 Å². The zero-order valence-corrected chi connectivity index (χ0v) is 7.96. The summed E-state index contributed by atoms with van der Waals surface area (Å²) >= 11 is 0. The van der Waals surface area contributed by atoms with E-state index in [1.807, 2.05) is 0 Å². The molecule has 0 aliphatic heterocycles. The predicted molar refractivity (Wildman–Crippen MR) is 48.9 cm³/mol. The number of carboxylic acid groups (broad SMARTS) is 1. The third-order valence-corrected chi connectivity index (χ3v) is 1.93.